The first kappa shape index (κ1) is 23.3. The molecule has 1 heterocycles. The van der Waals surface area contributed by atoms with Crippen LogP contribution in [0.3, 0.4) is 0 Å². The number of rotatable bonds is 6. The molecule has 1 saturated heterocycles. The van der Waals surface area contributed by atoms with Crippen molar-refractivity contribution < 1.29 is 4.48 Å². The van der Waals surface area contributed by atoms with Crippen LogP contribution in [0.5, 0.6) is 0 Å². The lowest BCUT2D eigenvalue weighted by Gasteiger charge is -2.45. The molecule has 0 saturated carbocycles. The Morgan fingerprint density at radius 3 is 2.00 bits per heavy atom. The summed E-state index contributed by atoms with van der Waals surface area (Å²) >= 11 is 3.60. The van der Waals surface area contributed by atoms with Gasteiger partial charge in [-0.2, -0.15) is 0 Å². The largest absolute Gasteiger partial charge is 0.316 e. The Balaban J connectivity index is 1.53. The monoisotopic (exact) mass is 490 g/mol. The van der Waals surface area contributed by atoms with Crippen LogP contribution in [0.25, 0.3) is 0 Å². The first-order chi connectivity index (χ1) is 15.3. The van der Waals surface area contributed by atoms with Gasteiger partial charge in [-0.05, 0) is 47.9 Å². The SMILES string of the molecule is CC(C)(C)c1ccc(C[C@H]2CCC[N+](Cc3ccccc3)(Cc3ccc(Br)cc3)C2)cc1. The van der Waals surface area contributed by atoms with Crippen molar-refractivity contribution in [1.82, 2.24) is 0 Å². The summed E-state index contributed by atoms with van der Waals surface area (Å²) in [6.07, 6.45) is 3.85. The summed E-state index contributed by atoms with van der Waals surface area (Å²) in [6.45, 7) is 11.6. The molecule has 2 atom stereocenters. The van der Waals surface area contributed by atoms with E-state index in [-0.39, 0.29) is 5.41 Å². The van der Waals surface area contributed by atoms with E-state index >= 15 is 0 Å². The lowest BCUT2D eigenvalue weighted by atomic mass is 9.85. The molecule has 0 aromatic heterocycles. The summed E-state index contributed by atoms with van der Waals surface area (Å²) in [5, 5.41) is 0. The Morgan fingerprint density at radius 1 is 0.781 bits per heavy atom. The molecule has 32 heavy (non-hydrogen) atoms. The van der Waals surface area contributed by atoms with Crippen molar-refractivity contribution in [3.63, 3.8) is 0 Å². The normalized spacial score (nSPS) is 21.4. The zero-order valence-corrected chi connectivity index (χ0v) is 21.4. The van der Waals surface area contributed by atoms with Gasteiger partial charge < -0.3 is 4.48 Å². The molecule has 3 aromatic rings. The summed E-state index contributed by atoms with van der Waals surface area (Å²) < 4.78 is 2.32. The van der Waals surface area contributed by atoms with Gasteiger partial charge in [-0.15, -0.1) is 0 Å². The summed E-state index contributed by atoms with van der Waals surface area (Å²) in [5.41, 5.74) is 6.04. The number of hydrogen-bond acceptors (Lipinski definition) is 0. The van der Waals surface area contributed by atoms with E-state index in [1.807, 2.05) is 0 Å². The molecule has 1 unspecified atom stereocenters. The maximum absolute atomic E-state index is 3.60. The first-order valence-corrected chi connectivity index (χ1v) is 12.8. The molecule has 0 bridgehead atoms. The molecule has 2 heteroatoms. The topological polar surface area (TPSA) is 0 Å². The van der Waals surface area contributed by atoms with E-state index in [9.17, 15) is 0 Å². The number of likely N-dealkylation sites (tertiary alicyclic amines) is 1. The van der Waals surface area contributed by atoms with E-state index in [1.54, 1.807) is 0 Å². The van der Waals surface area contributed by atoms with E-state index in [2.05, 4.69) is 116 Å². The molecule has 4 rings (SSSR count). The summed E-state index contributed by atoms with van der Waals surface area (Å²) in [5.74, 6) is 0.739. The third-order valence-electron chi connectivity index (χ3n) is 7.03. The Hall–Kier alpha value is -1.90. The van der Waals surface area contributed by atoms with Crippen LogP contribution in [0.2, 0.25) is 0 Å². The van der Waals surface area contributed by atoms with Gasteiger partial charge in [-0.3, -0.25) is 0 Å². The van der Waals surface area contributed by atoms with Gasteiger partial charge in [0, 0.05) is 21.5 Å². The van der Waals surface area contributed by atoms with E-state index in [0.29, 0.717) is 0 Å². The fourth-order valence-electron chi connectivity index (χ4n) is 5.38. The van der Waals surface area contributed by atoms with Crippen molar-refractivity contribution in [1.29, 1.82) is 0 Å². The van der Waals surface area contributed by atoms with Crippen molar-refractivity contribution >= 4 is 15.9 Å². The maximum Gasteiger partial charge on any atom is 0.105 e. The highest BCUT2D eigenvalue weighted by molar-refractivity contribution is 9.10. The van der Waals surface area contributed by atoms with Gasteiger partial charge in [-0.25, -0.2) is 0 Å². The van der Waals surface area contributed by atoms with Crippen LogP contribution < -0.4 is 0 Å². The Labute approximate surface area is 203 Å². The van der Waals surface area contributed by atoms with Crippen molar-refractivity contribution in [2.24, 2.45) is 5.92 Å². The molecule has 0 spiro atoms. The van der Waals surface area contributed by atoms with Crippen molar-refractivity contribution in [3.8, 4) is 0 Å². The first-order valence-electron chi connectivity index (χ1n) is 12.0. The second kappa shape index (κ2) is 9.93. The molecule has 1 aliphatic heterocycles. The van der Waals surface area contributed by atoms with Crippen LogP contribution >= 0.6 is 15.9 Å². The molecular formula is C30H37BrN+. The number of quaternary nitrogens is 1. The van der Waals surface area contributed by atoms with Crippen molar-refractivity contribution in [2.75, 3.05) is 13.1 Å². The van der Waals surface area contributed by atoms with Crippen molar-refractivity contribution in [2.45, 2.75) is 58.5 Å². The minimum Gasteiger partial charge on any atom is -0.316 e. The minimum atomic E-state index is 0.218. The molecule has 3 aromatic carbocycles. The molecule has 1 aliphatic rings. The summed E-state index contributed by atoms with van der Waals surface area (Å²) in [6, 6.07) is 29.5. The molecule has 1 nitrogen and oxygen atoms in total. The predicted octanol–water partition coefficient (Wildman–Crippen LogP) is 7.92. The van der Waals surface area contributed by atoms with Gasteiger partial charge in [0.15, 0.2) is 0 Å². The highest BCUT2D eigenvalue weighted by Gasteiger charge is 2.35. The molecule has 0 radical (unpaired) electrons. The summed E-state index contributed by atoms with van der Waals surface area (Å²) in [7, 11) is 0. The van der Waals surface area contributed by atoms with E-state index in [4.69, 9.17) is 0 Å². The lowest BCUT2D eigenvalue weighted by molar-refractivity contribution is -0.961. The number of halogens is 1. The molecule has 1 fully saturated rings. The van der Waals surface area contributed by atoms with Crippen LogP contribution in [0, 0.1) is 5.92 Å². The average Bonchev–Trinajstić information content (AvgIpc) is 2.76. The fraction of sp³-hybridized carbons (Fsp3) is 0.400. The minimum absolute atomic E-state index is 0.218. The Bertz CT molecular complexity index is 986. The van der Waals surface area contributed by atoms with Crippen molar-refractivity contribution in [3.05, 3.63) is 106 Å². The molecule has 0 aliphatic carbocycles. The van der Waals surface area contributed by atoms with Crippen LogP contribution in [0.4, 0.5) is 0 Å². The van der Waals surface area contributed by atoms with E-state index in [0.717, 1.165) is 28.0 Å². The highest BCUT2D eigenvalue weighted by atomic mass is 79.9. The van der Waals surface area contributed by atoms with Gasteiger partial charge in [0.05, 0.1) is 13.1 Å². The quantitative estimate of drug-likeness (QED) is 0.307. The number of nitrogens with zero attached hydrogens (tertiary/aromatic N) is 1. The predicted molar refractivity (Wildman–Crippen MR) is 140 cm³/mol. The smallest absolute Gasteiger partial charge is 0.105 e. The number of hydrogen-bond donors (Lipinski definition) is 0. The third kappa shape index (κ3) is 6.11. The third-order valence-corrected chi connectivity index (χ3v) is 7.56. The molecule has 0 amide bonds. The van der Waals surface area contributed by atoms with Crippen LogP contribution in [-0.2, 0) is 24.9 Å². The number of piperidine rings is 1. The highest BCUT2D eigenvalue weighted by Crippen LogP contribution is 2.32. The fourth-order valence-corrected chi connectivity index (χ4v) is 5.64. The molecular weight excluding hydrogens is 454 g/mol. The maximum atomic E-state index is 3.60. The van der Waals surface area contributed by atoms with Gasteiger partial charge in [0.2, 0.25) is 0 Å². The van der Waals surface area contributed by atoms with Crippen LogP contribution in [-0.4, -0.2) is 17.6 Å². The van der Waals surface area contributed by atoms with E-state index in [1.165, 1.54) is 54.6 Å². The standard InChI is InChI=1S/C30H37BrN/c1-30(2,3)28-15-11-24(12-16-28)20-27-10-7-19-32(23-27,21-25-8-5-4-6-9-25)22-26-13-17-29(31)18-14-26/h4-6,8-9,11-18,27H,7,10,19-23H2,1-3H3/q+1/t27-,32?/m1/s1. The zero-order valence-electron chi connectivity index (χ0n) is 19.9. The summed E-state index contributed by atoms with van der Waals surface area (Å²) in [4.78, 5) is 0. The molecule has 0 N–H and O–H groups in total. The van der Waals surface area contributed by atoms with Gasteiger partial charge in [0.1, 0.15) is 13.1 Å². The Kier molecular flexibility index (Phi) is 7.22. The Morgan fingerprint density at radius 2 is 1.38 bits per heavy atom. The van der Waals surface area contributed by atoms with Gasteiger partial charge in [-0.1, -0.05) is 103 Å². The zero-order chi connectivity index (χ0) is 22.6. The number of benzene rings is 3. The van der Waals surface area contributed by atoms with E-state index < -0.39 is 0 Å². The second-order valence-electron chi connectivity index (χ2n) is 10.8. The average molecular weight is 492 g/mol. The molecule has 168 valence electrons. The van der Waals surface area contributed by atoms with Gasteiger partial charge in [0.25, 0.3) is 0 Å². The lowest BCUT2D eigenvalue weighted by Crippen LogP contribution is -2.53. The van der Waals surface area contributed by atoms with Crippen LogP contribution in [0.15, 0.2) is 83.3 Å². The van der Waals surface area contributed by atoms with Gasteiger partial charge >= 0.3 is 0 Å². The van der Waals surface area contributed by atoms with Crippen LogP contribution in [0.1, 0.15) is 55.9 Å². The second-order valence-corrected chi connectivity index (χ2v) is 11.8.